The van der Waals surface area contributed by atoms with Crippen molar-refractivity contribution in [2.75, 3.05) is 19.6 Å². The van der Waals surface area contributed by atoms with Crippen LogP contribution < -0.4 is 15.2 Å². The summed E-state index contributed by atoms with van der Waals surface area (Å²) in [6.07, 6.45) is 0.961. The van der Waals surface area contributed by atoms with Crippen molar-refractivity contribution in [3.05, 3.63) is 17.7 Å². The first-order valence-electron chi connectivity index (χ1n) is 5.44. The highest BCUT2D eigenvalue weighted by Crippen LogP contribution is 2.42. The Morgan fingerprint density at radius 3 is 3.06 bits per heavy atom. The van der Waals surface area contributed by atoms with Gasteiger partial charge in [-0.2, -0.15) is 0 Å². The molecule has 2 rings (SSSR count). The molecule has 1 aromatic rings. The zero-order valence-corrected chi connectivity index (χ0v) is 10.5. The lowest BCUT2D eigenvalue weighted by Crippen LogP contribution is -2.06. The Hall–Kier alpha value is -0.870. The van der Waals surface area contributed by atoms with Crippen molar-refractivity contribution in [3.63, 3.8) is 0 Å². The van der Waals surface area contributed by atoms with Crippen molar-refractivity contribution in [2.45, 2.75) is 24.2 Å². The molecule has 1 aromatic carbocycles. The van der Waals surface area contributed by atoms with E-state index in [2.05, 4.69) is 19.1 Å². The van der Waals surface area contributed by atoms with Crippen LogP contribution in [0.25, 0.3) is 0 Å². The minimum atomic E-state index is 0.402. The van der Waals surface area contributed by atoms with Crippen LogP contribution in [-0.2, 0) is 0 Å². The molecule has 1 atom stereocenters. The molecule has 4 heteroatoms. The van der Waals surface area contributed by atoms with Gasteiger partial charge in [-0.25, -0.2) is 0 Å². The van der Waals surface area contributed by atoms with Gasteiger partial charge >= 0.3 is 0 Å². The molecule has 88 valence electrons. The van der Waals surface area contributed by atoms with Gasteiger partial charge in [-0.05, 0) is 31.0 Å². The molecule has 0 aromatic heterocycles. The Labute approximate surface area is 100 Å². The number of hydrogen-bond acceptors (Lipinski definition) is 4. The van der Waals surface area contributed by atoms with Gasteiger partial charge in [-0.1, -0.05) is 18.7 Å². The Kier molecular flexibility index (Phi) is 3.61. The van der Waals surface area contributed by atoms with Crippen LogP contribution in [0.15, 0.2) is 17.0 Å². The van der Waals surface area contributed by atoms with Crippen molar-refractivity contribution in [1.29, 1.82) is 0 Å². The van der Waals surface area contributed by atoms with Gasteiger partial charge in [-0.15, -0.1) is 0 Å². The van der Waals surface area contributed by atoms with E-state index >= 15 is 0 Å². The predicted molar refractivity (Wildman–Crippen MR) is 66.4 cm³/mol. The highest BCUT2D eigenvalue weighted by atomic mass is 32.2. The molecule has 0 fully saturated rings. The zero-order valence-electron chi connectivity index (χ0n) is 9.66. The Bertz CT molecular complexity index is 382. The van der Waals surface area contributed by atoms with Gasteiger partial charge in [0.05, 0.1) is 12.0 Å². The Balaban J connectivity index is 2.35. The lowest BCUT2D eigenvalue weighted by Gasteiger charge is -2.16. The van der Waals surface area contributed by atoms with E-state index in [0.717, 1.165) is 17.9 Å². The van der Waals surface area contributed by atoms with E-state index in [4.69, 9.17) is 15.2 Å². The minimum Gasteiger partial charge on any atom is -0.496 e. The molecular weight excluding hydrogens is 222 g/mol. The summed E-state index contributed by atoms with van der Waals surface area (Å²) >= 11 is 1.70. The van der Waals surface area contributed by atoms with Crippen molar-refractivity contribution in [1.82, 2.24) is 0 Å². The highest BCUT2D eigenvalue weighted by Gasteiger charge is 2.19. The summed E-state index contributed by atoms with van der Waals surface area (Å²) in [5, 5.41) is 0. The van der Waals surface area contributed by atoms with Crippen LogP contribution in [0.1, 0.15) is 24.8 Å². The fourth-order valence-electron chi connectivity index (χ4n) is 1.91. The molecule has 0 saturated heterocycles. The average Bonchev–Trinajstić information content (AvgIpc) is 2.74. The second-order valence-corrected chi connectivity index (χ2v) is 4.89. The zero-order chi connectivity index (χ0) is 11.5. The Morgan fingerprint density at radius 2 is 2.38 bits per heavy atom. The Morgan fingerprint density at radius 1 is 1.56 bits per heavy atom. The van der Waals surface area contributed by atoms with Gasteiger partial charge < -0.3 is 15.2 Å². The molecule has 3 nitrogen and oxygen atoms in total. The monoisotopic (exact) mass is 239 g/mol. The summed E-state index contributed by atoms with van der Waals surface area (Å²) < 4.78 is 11.0. The average molecular weight is 239 g/mol. The number of benzene rings is 1. The topological polar surface area (TPSA) is 44.5 Å². The first kappa shape index (κ1) is 11.6. The number of fused-ring (bicyclic) bond motifs is 1. The van der Waals surface area contributed by atoms with Crippen LogP contribution >= 0.6 is 11.8 Å². The number of thioether (sulfide) groups is 1. The summed E-state index contributed by atoms with van der Waals surface area (Å²) in [5.74, 6) is 3.02. The number of hydrogen-bond donors (Lipinski definition) is 1. The van der Waals surface area contributed by atoms with Gasteiger partial charge in [0, 0.05) is 5.56 Å². The summed E-state index contributed by atoms with van der Waals surface area (Å²) in [7, 11) is 1.71. The highest BCUT2D eigenvalue weighted by molar-refractivity contribution is 7.99. The van der Waals surface area contributed by atoms with Gasteiger partial charge in [0.25, 0.3) is 0 Å². The van der Waals surface area contributed by atoms with E-state index in [9.17, 15) is 0 Å². The van der Waals surface area contributed by atoms with Crippen molar-refractivity contribution in [3.8, 4) is 11.5 Å². The van der Waals surface area contributed by atoms with E-state index in [0.29, 0.717) is 18.4 Å². The van der Waals surface area contributed by atoms with Crippen molar-refractivity contribution < 1.29 is 9.47 Å². The molecule has 0 spiro atoms. The van der Waals surface area contributed by atoms with E-state index < -0.39 is 0 Å². The second-order valence-electron chi connectivity index (χ2n) is 3.93. The third kappa shape index (κ3) is 2.13. The quantitative estimate of drug-likeness (QED) is 0.877. The van der Waals surface area contributed by atoms with Crippen LogP contribution in [0.5, 0.6) is 11.5 Å². The SMILES string of the molecule is COc1cc2c(cc1C(C)CCN)OCS2. The van der Waals surface area contributed by atoms with Crippen LogP contribution in [0.4, 0.5) is 0 Å². The standard InChI is InChI=1S/C12H17NO2S/c1-8(3-4-13)9-5-11-12(16-7-15-11)6-10(9)14-2/h5-6,8H,3-4,7,13H2,1-2H3. The summed E-state index contributed by atoms with van der Waals surface area (Å²) in [5.41, 5.74) is 6.78. The van der Waals surface area contributed by atoms with Crippen molar-refractivity contribution >= 4 is 11.8 Å². The summed E-state index contributed by atoms with van der Waals surface area (Å²) in [6.45, 7) is 2.86. The van der Waals surface area contributed by atoms with E-state index in [1.54, 1.807) is 18.9 Å². The number of rotatable bonds is 4. The lowest BCUT2D eigenvalue weighted by atomic mass is 9.96. The van der Waals surface area contributed by atoms with Gasteiger partial charge in [0.1, 0.15) is 17.4 Å². The van der Waals surface area contributed by atoms with E-state index in [1.165, 1.54) is 10.5 Å². The minimum absolute atomic E-state index is 0.402. The van der Waals surface area contributed by atoms with E-state index in [-0.39, 0.29) is 0 Å². The molecule has 1 unspecified atom stereocenters. The van der Waals surface area contributed by atoms with Crippen molar-refractivity contribution in [2.24, 2.45) is 5.73 Å². The molecule has 0 saturated carbocycles. The molecule has 0 bridgehead atoms. The normalized spacial score (nSPS) is 15.4. The molecule has 0 aliphatic carbocycles. The van der Waals surface area contributed by atoms with Gasteiger partial charge in [0.2, 0.25) is 0 Å². The smallest absolute Gasteiger partial charge is 0.138 e. The van der Waals surface area contributed by atoms with E-state index in [1.807, 2.05) is 0 Å². The third-order valence-corrected chi connectivity index (χ3v) is 3.72. The number of nitrogens with two attached hydrogens (primary N) is 1. The second kappa shape index (κ2) is 4.97. The fourth-order valence-corrected chi connectivity index (χ4v) is 2.67. The maximum absolute atomic E-state index is 5.59. The number of methoxy groups -OCH3 is 1. The van der Waals surface area contributed by atoms with Gasteiger partial charge in [-0.3, -0.25) is 0 Å². The fraction of sp³-hybridized carbons (Fsp3) is 0.500. The maximum Gasteiger partial charge on any atom is 0.138 e. The summed E-state index contributed by atoms with van der Waals surface area (Å²) in [6, 6.07) is 4.16. The molecule has 1 aliphatic heterocycles. The van der Waals surface area contributed by atoms with Crippen LogP contribution in [0.3, 0.4) is 0 Å². The third-order valence-electron chi connectivity index (χ3n) is 2.86. The lowest BCUT2D eigenvalue weighted by molar-refractivity contribution is 0.385. The molecule has 16 heavy (non-hydrogen) atoms. The summed E-state index contributed by atoms with van der Waals surface area (Å²) in [4.78, 5) is 1.17. The molecule has 1 aliphatic rings. The first-order chi connectivity index (χ1) is 7.76. The maximum atomic E-state index is 5.59. The predicted octanol–water partition coefficient (Wildman–Crippen LogP) is 2.59. The molecule has 1 heterocycles. The molecule has 2 N–H and O–H groups in total. The van der Waals surface area contributed by atoms with Crippen LogP contribution in [-0.4, -0.2) is 19.6 Å². The molecular formula is C12H17NO2S. The molecule has 0 radical (unpaired) electrons. The molecule has 0 amide bonds. The number of ether oxygens (including phenoxy) is 2. The van der Waals surface area contributed by atoms with Crippen LogP contribution in [0, 0.1) is 0 Å². The van der Waals surface area contributed by atoms with Crippen LogP contribution in [0.2, 0.25) is 0 Å². The first-order valence-corrected chi connectivity index (χ1v) is 6.42. The largest absolute Gasteiger partial charge is 0.496 e. The van der Waals surface area contributed by atoms with Gasteiger partial charge in [0.15, 0.2) is 0 Å².